The number of ether oxygens (including phenoxy) is 1. The summed E-state index contributed by atoms with van der Waals surface area (Å²) in [5.41, 5.74) is 2.92. The lowest BCUT2D eigenvalue weighted by molar-refractivity contribution is -0.154. The molecule has 2 fully saturated rings. The van der Waals surface area contributed by atoms with Gasteiger partial charge in [-0.1, -0.05) is 28.9 Å². The van der Waals surface area contributed by atoms with Crippen molar-refractivity contribution in [3.63, 3.8) is 0 Å². The summed E-state index contributed by atoms with van der Waals surface area (Å²) in [4.78, 5) is 11.8. The zero-order valence-electron chi connectivity index (χ0n) is 14.1. The first-order chi connectivity index (χ1) is 11.5. The average Bonchev–Trinajstić information content (AvgIpc) is 2.90. The lowest BCUT2D eigenvalue weighted by Crippen LogP contribution is -2.45. The van der Waals surface area contributed by atoms with Crippen LogP contribution in [0.15, 0.2) is 18.2 Å². The average molecular weight is 393 g/mol. The van der Waals surface area contributed by atoms with Gasteiger partial charge in [-0.15, -0.1) is 0 Å². The Kier molecular flexibility index (Phi) is 4.14. The van der Waals surface area contributed by atoms with Gasteiger partial charge in [0.2, 0.25) is 0 Å². The van der Waals surface area contributed by atoms with E-state index in [9.17, 15) is 9.90 Å². The minimum atomic E-state index is -0.131. The highest BCUT2D eigenvalue weighted by molar-refractivity contribution is 9.09. The van der Waals surface area contributed by atoms with Gasteiger partial charge in [0.05, 0.1) is 0 Å². The third kappa shape index (κ3) is 2.49. The van der Waals surface area contributed by atoms with Gasteiger partial charge in [0.25, 0.3) is 0 Å². The Morgan fingerprint density at radius 2 is 2.17 bits per heavy atom. The van der Waals surface area contributed by atoms with Crippen molar-refractivity contribution in [2.45, 2.75) is 57.5 Å². The van der Waals surface area contributed by atoms with Crippen LogP contribution in [0.4, 0.5) is 0 Å². The van der Waals surface area contributed by atoms with E-state index in [1.54, 1.807) is 0 Å². The van der Waals surface area contributed by atoms with E-state index in [0.717, 1.165) is 25.7 Å². The number of fused-ring (bicyclic) bond motifs is 5. The lowest BCUT2D eigenvalue weighted by Gasteiger charge is -2.50. The number of carbonyl (C=O) groups is 1. The van der Waals surface area contributed by atoms with E-state index >= 15 is 0 Å². The van der Waals surface area contributed by atoms with Crippen LogP contribution in [0.25, 0.3) is 0 Å². The van der Waals surface area contributed by atoms with Crippen LogP contribution in [0, 0.1) is 17.3 Å². The number of alkyl halides is 1. The van der Waals surface area contributed by atoms with Crippen LogP contribution in [-0.2, 0) is 16.0 Å². The predicted molar refractivity (Wildman–Crippen MR) is 96.4 cm³/mol. The maximum absolute atomic E-state index is 11.8. The van der Waals surface area contributed by atoms with Crippen LogP contribution in [0.5, 0.6) is 5.75 Å². The van der Waals surface area contributed by atoms with Crippen LogP contribution >= 0.6 is 15.9 Å². The molecular formula is C20H25BrO3. The van der Waals surface area contributed by atoms with Gasteiger partial charge in [-0.2, -0.15) is 0 Å². The lowest BCUT2D eigenvalue weighted by atomic mass is 9.55. The number of phenols is 1. The molecule has 0 aromatic heterocycles. The molecule has 1 N–H and O–H groups in total. The molecule has 0 unspecified atom stereocenters. The topological polar surface area (TPSA) is 46.5 Å². The Balaban J connectivity index is 1.60. The van der Waals surface area contributed by atoms with Crippen LogP contribution in [-0.4, -0.2) is 22.5 Å². The number of aromatic hydroxyl groups is 1. The maximum Gasteiger partial charge on any atom is 0.316 e. The summed E-state index contributed by atoms with van der Waals surface area (Å²) >= 11 is 3.21. The number of aryl methyl sites for hydroxylation is 1. The van der Waals surface area contributed by atoms with E-state index in [1.165, 1.54) is 24.0 Å². The third-order valence-corrected chi connectivity index (χ3v) is 7.46. The molecule has 3 aliphatic carbocycles. The van der Waals surface area contributed by atoms with Gasteiger partial charge >= 0.3 is 5.97 Å². The van der Waals surface area contributed by atoms with Crippen LogP contribution < -0.4 is 0 Å². The molecule has 3 nitrogen and oxygen atoms in total. The van der Waals surface area contributed by atoms with Gasteiger partial charge in [-0.05, 0) is 79.5 Å². The molecule has 24 heavy (non-hydrogen) atoms. The van der Waals surface area contributed by atoms with Crippen LogP contribution in [0.2, 0.25) is 0 Å². The maximum atomic E-state index is 11.8. The highest BCUT2D eigenvalue weighted by atomic mass is 79.9. The molecule has 0 amide bonds. The van der Waals surface area contributed by atoms with Crippen LogP contribution in [0.1, 0.15) is 56.1 Å². The zero-order chi connectivity index (χ0) is 16.9. The van der Waals surface area contributed by atoms with Gasteiger partial charge in [-0.25, -0.2) is 0 Å². The number of esters is 1. The fourth-order valence-electron chi connectivity index (χ4n) is 5.90. The Morgan fingerprint density at radius 3 is 2.96 bits per heavy atom. The minimum absolute atomic E-state index is 0.0784. The SMILES string of the molecule is C[C@]12CC[C@@H]3c4ccc(O)cc4CC[C@H]3[C@@H]1CC[C@@H]2OC(=O)CBr. The highest BCUT2D eigenvalue weighted by Crippen LogP contribution is 2.61. The summed E-state index contributed by atoms with van der Waals surface area (Å²) in [6.07, 6.45) is 6.80. The predicted octanol–water partition coefficient (Wildman–Crippen LogP) is 4.56. The van der Waals surface area contributed by atoms with Gasteiger partial charge in [0.1, 0.15) is 17.2 Å². The summed E-state index contributed by atoms with van der Waals surface area (Å²) in [5.74, 6) is 2.20. The van der Waals surface area contributed by atoms with Gasteiger partial charge < -0.3 is 9.84 Å². The van der Waals surface area contributed by atoms with Crippen LogP contribution in [0.3, 0.4) is 0 Å². The molecule has 0 heterocycles. The summed E-state index contributed by atoms with van der Waals surface area (Å²) in [6.45, 7) is 2.35. The van der Waals surface area contributed by atoms with Crippen molar-refractivity contribution >= 4 is 21.9 Å². The first-order valence-electron chi connectivity index (χ1n) is 9.10. The number of halogens is 1. The molecule has 0 aliphatic heterocycles. The molecule has 1 aromatic carbocycles. The number of phenolic OH excluding ortho intramolecular Hbond substituents is 1. The molecule has 4 heteroatoms. The van der Waals surface area contributed by atoms with E-state index in [0.29, 0.717) is 23.5 Å². The van der Waals surface area contributed by atoms with Crippen molar-refractivity contribution in [1.82, 2.24) is 0 Å². The molecule has 3 aliphatic rings. The monoisotopic (exact) mass is 392 g/mol. The minimum Gasteiger partial charge on any atom is -0.508 e. The van der Waals surface area contributed by atoms with E-state index in [2.05, 4.69) is 28.9 Å². The number of hydrogen-bond donors (Lipinski definition) is 1. The van der Waals surface area contributed by atoms with E-state index in [4.69, 9.17) is 4.74 Å². The Bertz CT molecular complexity index is 658. The van der Waals surface area contributed by atoms with Crippen molar-refractivity contribution in [1.29, 1.82) is 0 Å². The third-order valence-electron chi connectivity index (χ3n) is 7.01. The van der Waals surface area contributed by atoms with Crippen molar-refractivity contribution in [2.75, 3.05) is 5.33 Å². The normalized spacial score (nSPS) is 37.2. The van der Waals surface area contributed by atoms with Crippen molar-refractivity contribution in [3.05, 3.63) is 29.3 Å². The molecule has 0 radical (unpaired) electrons. The molecule has 0 saturated heterocycles. The Hall–Kier alpha value is -1.03. The van der Waals surface area contributed by atoms with Crippen molar-refractivity contribution < 1.29 is 14.6 Å². The largest absolute Gasteiger partial charge is 0.508 e. The van der Waals surface area contributed by atoms with Gasteiger partial charge in [-0.3, -0.25) is 4.79 Å². The van der Waals surface area contributed by atoms with E-state index in [-0.39, 0.29) is 22.8 Å². The summed E-state index contributed by atoms with van der Waals surface area (Å²) in [7, 11) is 0. The molecule has 130 valence electrons. The Morgan fingerprint density at radius 1 is 1.33 bits per heavy atom. The standard InChI is InChI=1S/C20H25BrO3/c1-20-9-8-15-14-5-3-13(22)10-12(14)2-4-16(15)17(20)6-7-18(20)24-19(23)11-21/h3,5,10,15-18,22H,2,4,6-9,11H2,1H3/t15-,16-,17+,18+,20+/m1/s1. The van der Waals surface area contributed by atoms with E-state index in [1.807, 2.05) is 12.1 Å². The molecule has 1 aromatic rings. The first-order valence-corrected chi connectivity index (χ1v) is 10.2. The highest BCUT2D eigenvalue weighted by Gasteiger charge is 2.56. The quantitative estimate of drug-likeness (QED) is 0.592. The number of carbonyl (C=O) groups excluding carboxylic acids is 1. The fraction of sp³-hybridized carbons (Fsp3) is 0.650. The molecule has 0 bridgehead atoms. The number of rotatable bonds is 2. The number of benzene rings is 1. The molecule has 2 saturated carbocycles. The summed E-state index contributed by atoms with van der Waals surface area (Å²) in [6, 6.07) is 5.93. The second kappa shape index (κ2) is 6.05. The smallest absolute Gasteiger partial charge is 0.316 e. The van der Waals surface area contributed by atoms with E-state index < -0.39 is 0 Å². The van der Waals surface area contributed by atoms with Gasteiger partial charge in [0, 0.05) is 5.41 Å². The second-order valence-electron chi connectivity index (χ2n) is 8.03. The fourth-order valence-corrected chi connectivity index (χ4v) is 6.04. The molecule has 0 spiro atoms. The van der Waals surface area contributed by atoms with Crippen molar-refractivity contribution in [3.8, 4) is 5.75 Å². The van der Waals surface area contributed by atoms with Gasteiger partial charge in [0.15, 0.2) is 0 Å². The molecular weight excluding hydrogens is 368 g/mol. The Labute approximate surface area is 151 Å². The summed E-state index contributed by atoms with van der Waals surface area (Å²) < 4.78 is 5.78. The first kappa shape index (κ1) is 16.4. The molecule has 4 rings (SSSR count). The van der Waals surface area contributed by atoms with Crippen molar-refractivity contribution in [2.24, 2.45) is 17.3 Å². The summed E-state index contributed by atoms with van der Waals surface area (Å²) in [5, 5.41) is 10.1. The number of hydrogen-bond acceptors (Lipinski definition) is 3. The molecule has 5 atom stereocenters. The zero-order valence-corrected chi connectivity index (χ0v) is 15.7. The second-order valence-corrected chi connectivity index (χ2v) is 8.59.